The predicted octanol–water partition coefficient (Wildman–Crippen LogP) is 3.79. The van der Waals surface area contributed by atoms with Crippen LogP contribution in [0.15, 0.2) is 11.6 Å². The predicted molar refractivity (Wildman–Crippen MR) is 68.7 cm³/mol. The maximum atomic E-state index is 4.41. The second kappa shape index (κ2) is 4.97. The van der Waals surface area contributed by atoms with Crippen LogP contribution in [0.25, 0.3) is 0 Å². The fraction of sp³-hybridized carbons (Fsp3) is 0.750. The zero-order valence-corrected chi connectivity index (χ0v) is 11.3. The Morgan fingerprint density at radius 3 is 2.53 bits per heavy atom. The molecule has 15 heavy (non-hydrogen) atoms. The first kappa shape index (κ1) is 12.5. The third-order valence-electron chi connectivity index (χ3n) is 2.65. The Morgan fingerprint density at radius 1 is 1.47 bits per heavy atom. The van der Waals surface area contributed by atoms with E-state index in [-0.39, 0.29) is 5.54 Å². The average molecular weight is 226 g/mol. The van der Waals surface area contributed by atoms with Gasteiger partial charge in [0.1, 0.15) is 0 Å². The number of anilines is 1. The summed E-state index contributed by atoms with van der Waals surface area (Å²) in [4.78, 5) is 6.82. The van der Waals surface area contributed by atoms with E-state index < -0.39 is 0 Å². The van der Waals surface area contributed by atoms with Gasteiger partial charge in [0, 0.05) is 23.7 Å². The Kier molecular flexibility index (Phi) is 4.14. The van der Waals surface area contributed by atoms with Gasteiger partial charge in [-0.3, -0.25) is 0 Å². The third-order valence-corrected chi connectivity index (χ3v) is 3.45. The molecule has 0 aliphatic rings. The maximum Gasteiger partial charge on any atom is 0.185 e. The number of thiazole rings is 1. The van der Waals surface area contributed by atoms with E-state index in [4.69, 9.17) is 0 Å². The van der Waals surface area contributed by atoms with Crippen LogP contribution in [0.5, 0.6) is 0 Å². The molecule has 0 saturated heterocycles. The molecule has 3 heteroatoms. The maximum absolute atomic E-state index is 4.41. The van der Waals surface area contributed by atoms with Crippen LogP contribution in [-0.2, 0) is 0 Å². The fourth-order valence-electron chi connectivity index (χ4n) is 1.43. The lowest BCUT2D eigenvalue weighted by Crippen LogP contribution is -2.44. The number of rotatable bonds is 4. The monoisotopic (exact) mass is 226 g/mol. The van der Waals surface area contributed by atoms with E-state index in [1.807, 2.05) is 11.6 Å². The number of nitrogens with zero attached hydrogens (tertiary/aromatic N) is 2. The molecule has 0 N–H and O–H groups in total. The largest absolute Gasteiger partial charge is 0.343 e. The van der Waals surface area contributed by atoms with Gasteiger partial charge < -0.3 is 4.90 Å². The normalized spacial score (nSPS) is 13.9. The minimum absolute atomic E-state index is 0.154. The minimum Gasteiger partial charge on any atom is -0.343 e. The highest BCUT2D eigenvalue weighted by Crippen LogP contribution is 2.27. The minimum atomic E-state index is 0.154. The number of hydrogen-bond donors (Lipinski definition) is 0. The third kappa shape index (κ3) is 3.49. The highest BCUT2D eigenvalue weighted by Gasteiger charge is 2.24. The van der Waals surface area contributed by atoms with Gasteiger partial charge in [-0.1, -0.05) is 20.3 Å². The Labute approximate surface area is 97.3 Å². The summed E-state index contributed by atoms with van der Waals surface area (Å²) in [6.07, 6.45) is 3.10. The Bertz CT molecular complexity index is 274. The summed E-state index contributed by atoms with van der Waals surface area (Å²) in [6.45, 7) is 12.4. The molecule has 1 aromatic rings. The first-order valence-corrected chi connectivity index (χ1v) is 6.50. The van der Waals surface area contributed by atoms with Gasteiger partial charge in [0.05, 0.1) is 0 Å². The molecule has 0 aliphatic carbocycles. The summed E-state index contributed by atoms with van der Waals surface area (Å²) < 4.78 is 0. The van der Waals surface area contributed by atoms with Crippen molar-refractivity contribution in [1.29, 1.82) is 0 Å². The van der Waals surface area contributed by atoms with Crippen molar-refractivity contribution in [3.63, 3.8) is 0 Å². The van der Waals surface area contributed by atoms with Crippen molar-refractivity contribution in [2.24, 2.45) is 5.92 Å². The van der Waals surface area contributed by atoms with Crippen LogP contribution >= 0.6 is 11.3 Å². The molecule has 0 spiro atoms. The molecule has 0 aromatic carbocycles. The van der Waals surface area contributed by atoms with Crippen LogP contribution in [0.4, 0.5) is 5.13 Å². The van der Waals surface area contributed by atoms with Crippen molar-refractivity contribution in [3.8, 4) is 0 Å². The fourth-order valence-corrected chi connectivity index (χ4v) is 2.27. The van der Waals surface area contributed by atoms with Crippen molar-refractivity contribution in [2.75, 3.05) is 11.4 Å². The van der Waals surface area contributed by atoms with Crippen LogP contribution in [0, 0.1) is 5.92 Å². The smallest absolute Gasteiger partial charge is 0.185 e. The zero-order valence-electron chi connectivity index (χ0n) is 10.4. The standard InChI is InChI=1S/C12H22N2S/c1-6-10(2)9-14(12(3,4)5)11-13-7-8-15-11/h7-8,10H,6,9H2,1-5H3. The van der Waals surface area contributed by atoms with E-state index in [2.05, 4.69) is 44.5 Å². The molecule has 0 radical (unpaired) electrons. The lowest BCUT2D eigenvalue weighted by Gasteiger charge is -2.37. The molecule has 86 valence electrons. The second-order valence-electron chi connectivity index (χ2n) is 5.11. The Hall–Kier alpha value is -0.570. The highest BCUT2D eigenvalue weighted by atomic mass is 32.1. The van der Waals surface area contributed by atoms with Crippen molar-refractivity contribution in [3.05, 3.63) is 11.6 Å². The van der Waals surface area contributed by atoms with Crippen LogP contribution in [0.2, 0.25) is 0 Å². The molecule has 2 nitrogen and oxygen atoms in total. The van der Waals surface area contributed by atoms with Crippen LogP contribution in [0.3, 0.4) is 0 Å². The van der Waals surface area contributed by atoms with Crippen molar-refractivity contribution in [2.45, 2.75) is 46.6 Å². The topological polar surface area (TPSA) is 16.1 Å². The van der Waals surface area contributed by atoms with Gasteiger partial charge in [-0.25, -0.2) is 4.98 Å². The molecule has 0 fully saturated rings. The van der Waals surface area contributed by atoms with Crippen molar-refractivity contribution in [1.82, 2.24) is 4.98 Å². The number of hydrogen-bond acceptors (Lipinski definition) is 3. The van der Waals surface area contributed by atoms with E-state index in [0.717, 1.165) is 11.7 Å². The number of aromatic nitrogens is 1. The van der Waals surface area contributed by atoms with Gasteiger partial charge >= 0.3 is 0 Å². The quantitative estimate of drug-likeness (QED) is 0.776. The molecular weight excluding hydrogens is 204 g/mol. The summed E-state index contributed by atoms with van der Waals surface area (Å²) in [7, 11) is 0. The van der Waals surface area contributed by atoms with Gasteiger partial charge in [-0.15, -0.1) is 11.3 Å². The molecule has 1 heterocycles. The highest BCUT2D eigenvalue weighted by molar-refractivity contribution is 7.13. The summed E-state index contributed by atoms with van der Waals surface area (Å²) in [5.74, 6) is 0.716. The van der Waals surface area contributed by atoms with E-state index in [1.54, 1.807) is 11.3 Å². The SMILES string of the molecule is CCC(C)CN(c1nccs1)C(C)(C)C. The van der Waals surface area contributed by atoms with Gasteiger partial charge in [-0.05, 0) is 26.7 Å². The molecule has 0 saturated carbocycles. The molecule has 0 bridgehead atoms. The summed E-state index contributed by atoms with van der Waals surface area (Å²) >= 11 is 1.73. The van der Waals surface area contributed by atoms with Crippen LogP contribution in [0.1, 0.15) is 41.0 Å². The first-order valence-electron chi connectivity index (χ1n) is 5.62. The lowest BCUT2D eigenvalue weighted by molar-refractivity contribution is 0.442. The molecule has 1 unspecified atom stereocenters. The summed E-state index contributed by atoms with van der Waals surface area (Å²) in [5, 5.41) is 3.19. The molecule has 0 amide bonds. The van der Waals surface area contributed by atoms with Gasteiger partial charge in [0.25, 0.3) is 0 Å². The lowest BCUT2D eigenvalue weighted by atomic mass is 10.0. The first-order chi connectivity index (χ1) is 6.95. The average Bonchev–Trinajstić information content (AvgIpc) is 2.64. The molecule has 0 aliphatic heterocycles. The van der Waals surface area contributed by atoms with Crippen molar-refractivity contribution < 1.29 is 0 Å². The zero-order chi connectivity index (χ0) is 11.5. The van der Waals surface area contributed by atoms with Gasteiger partial charge in [0.2, 0.25) is 0 Å². The van der Waals surface area contributed by atoms with Crippen LogP contribution in [-0.4, -0.2) is 17.1 Å². The molecule has 1 aromatic heterocycles. The molecule has 1 atom stereocenters. The molecular formula is C12H22N2S. The van der Waals surface area contributed by atoms with Gasteiger partial charge in [-0.2, -0.15) is 0 Å². The summed E-state index contributed by atoms with van der Waals surface area (Å²) in [6, 6.07) is 0. The van der Waals surface area contributed by atoms with E-state index >= 15 is 0 Å². The summed E-state index contributed by atoms with van der Waals surface area (Å²) in [5.41, 5.74) is 0.154. The van der Waals surface area contributed by atoms with Gasteiger partial charge in [0.15, 0.2) is 5.13 Å². The Balaban J connectivity index is 2.80. The van der Waals surface area contributed by atoms with Crippen molar-refractivity contribution >= 4 is 16.5 Å². The van der Waals surface area contributed by atoms with Crippen LogP contribution < -0.4 is 4.90 Å². The Morgan fingerprint density at radius 2 is 2.13 bits per heavy atom. The molecule has 1 rings (SSSR count). The second-order valence-corrected chi connectivity index (χ2v) is 5.98. The van der Waals surface area contributed by atoms with E-state index in [0.29, 0.717) is 5.92 Å². The van der Waals surface area contributed by atoms with E-state index in [1.165, 1.54) is 6.42 Å². The van der Waals surface area contributed by atoms with E-state index in [9.17, 15) is 0 Å².